The number of nitrogens with zero attached hydrogens (tertiary/aromatic N) is 1. The first-order valence-corrected chi connectivity index (χ1v) is 6.13. The standard InChI is InChI=1S/C12H11BrFNO2/c13-9-5-8(7-15)12(11(14)6-9)17-10-1-3-16-4-2-10/h5-6,10H,1-4H2. The number of hydrogen-bond acceptors (Lipinski definition) is 3. The van der Waals surface area contributed by atoms with Gasteiger partial charge in [-0.1, -0.05) is 15.9 Å². The Morgan fingerprint density at radius 1 is 1.41 bits per heavy atom. The summed E-state index contributed by atoms with van der Waals surface area (Å²) in [7, 11) is 0. The zero-order valence-corrected chi connectivity index (χ0v) is 10.7. The van der Waals surface area contributed by atoms with Crippen molar-refractivity contribution in [1.29, 1.82) is 5.26 Å². The largest absolute Gasteiger partial charge is 0.486 e. The molecule has 1 aliphatic rings. The predicted molar refractivity (Wildman–Crippen MR) is 63.3 cm³/mol. The minimum atomic E-state index is -0.512. The molecular weight excluding hydrogens is 289 g/mol. The van der Waals surface area contributed by atoms with Crippen LogP contribution in [0.15, 0.2) is 16.6 Å². The highest BCUT2D eigenvalue weighted by atomic mass is 79.9. The Kier molecular flexibility index (Phi) is 3.97. The topological polar surface area (TPSA) is 42.2 Å². The molecule has 0 atom stereocenters. The fraction of sp³-hybridized carbons (Fsp3) is 0.417. The molecule has 3 nitrogen and oxygen atoms in total. The van der Waals surface area contributed by atoms with E-state index in [4.69, 9.17) is 14.7 Å². The highest BCUT2D eigenvalue weighted by Crippen LogP contribution is 2.29. The zero-order valence-electron chi connectivity index (χ0n) is 9.08. The zero-order chi connectivity index (χ0) is 12.3. The molecule has 5 heteroatoms. The molecule has 0 bridgehead atoms. The predicted octanol–water partition coefficient (Wildman–Crippen LogP) is 3.02. The minimum Gasteiger partial charge on any atom is -0.486 e. The highest BCUT2D eigenvalue weighted by molar-refractivity contribution is 9.10. The van der Waals surface area contributed by atoms with E-state index in [2.05, 4.69) is 15.9 Å². The molecule has 0 spiro atoms. The van der Waals surface area contributed by atoms with Gasteiger partial charge in [0.1, 0.15) is 12.2 Å². The van der Waals surface area contributed by atoms with E-state index >= 15 is 0 Å². The Balaban J connectivity index is 2.22. The molecule has 17 heavy (non-hydrogen) atoms. The van der Waals surface area contributed by atoms with Crippen LogP contribution in [0, 0.1) is 17.1 Å². The summed E-state index contributed by atoms with van der Waals surface area (Å²) in [5, 5.41) is 8.95. The van der Waals surface area contributed by atoms with Crippen LogP contribution in [-0.2, 0) is 4.74 Å². The van der Waals surface area contributed by atoms with E-state index in [1.807, 2.05) is 6.07 Å². The number of benzene rings is 1. The molecule has 0 N–H and O–H groups in total. The average molecular weight is 300 g/mol. The molecule has 1 saturated heterocycles. The minimum absolute atomic E-state index is 0.0441. The Morgan fingerprint density at radius 2 is 2.12 bits per heavy atom. The van der Waals surface area contributed by atoms with Crippen molar-refractivity contribution in [3.8, 4) is 11.8 Å². The molecule has 0 unspecified atom stereocenters. The van der Waals surface area contributed by atoms with Crippen molar-refractivity contribution in [2.45, 2.75) is 18.9 Å². The summed E-state index contributed by atoms with van der Waals surface area (Å²) in [4.78, 5) is 0. The number of hydrogen-bond donors (Lipinski definition) is 0. The number of halogens is 2. The Bertz CT molecular complexity index is 453. The maximum atomic E-state index is 13.7. The van der Waals surface area contributed by atoms with E-state index in [1.165, 1.54) is 6.07 Å². The van der Waals surface area contributed by atoms with E-state index < -0.39 is 5.82 Å². The van der Waals surface area contributed by atoms with Crippen LogP contribution in [0.5, 0.6) is 5.75 Å². The number of rotatable bonds is 2. The molecule has 1 aromatic rings. The van der Waals surface area contributed by atoms with Gasteiger partial charge in [-0.3, -0.25) is 0 Å². The van der Waals surface area contributed by atoms with Crippen LogP contribution in [0.2, 0.25) is 0 Å². The maximum absolute atomic E-state index is 13.7. The molecule has 1 aliphatic heterocycles. The number of nitriles is 1. The lowest BCUT2D eigenvalue weighted by Gasteiger charge is -2.24. The van der Waals surface area contributed by atoms with Crippen LogP contribution >= 0.6 is 15.9 Å². The Morgan fingerprint density at radius 3 is 2.76 bits per heavy atom. The second-order valence-electron chi connectivity index (χ2n) is 3.81. The van der Waals surface area contributed by atoms with Crippen molar-refractivity contribution >= 4 is 15.9 Å². The van der Waals surface area contributed by atoms with E-state index in [1.54, 1.807) is 6.07 Å². The molecule has 0 amide bonds. The SMILES string of the molecule is N#Cc1cc(Br)cc(F)c1OC1CCOCC1. The fourth-order valence-corrected chi connectivity index (χ4v) is 2.15. The summed E-state index contributed by atoms with van der Waals surface area (Å²) >= 11 is 3.15. The molecule has 90 valence electrons. The van der Waals surface area contributed by atoms with Crippen LogP contribution in [0.25, 0.3) is 0 Å². The molecule has 1 fully saturated rings. The van der Waals surface area contributed by atoms with Gasteiger partial charge in [0, 0.05) is 17.3 Å². The van der Waals surface area contributed by atoms with Crippen LogP contribution < -0.4 is 4.74 Å². The molecular formula is C12H11BrFNO2. The van der Waals surface area contributed by atoms with Crippen molar-refractivity contribution in [2.75, 3.05) is 13.2 Å². The van der Waals surface area contributed by atoms with Gasteiger partial charge >= 0.3 is 0 Å². The first-order valence-electron chi connectivity index (χ1n) is 5.34. The maximum Gasteiger partial charge on any atom is 0.173 e. The third-order valence-electron chi connectivity index (χ3n) is 2.58. The lowest BCUT2D eigenvalue weighted by molar-refractivity contribution is 0.0239. The van der Waals surface area contributed by atoms with Gasteiger partial charge in [-0.15, -0.1) is 0 Å². The van der Waals surface area contributed by atoms with Gasteiger partial charge in [0.2, 0.25) is 0 Å². The summed E-state index contributed by atoms with van der Waals surface area (Å²) in [5.41, 5.74) is 0.211. The van der Waals surface area contributed by atoms with E-state index in [0.717, 1.165) is 12.8 Å². The van der Waals surface area contributed by atoms with Crippen molar-refractivity contribution in [2.24, 2.45) is 0 Å². The molecule has 0 aromatic heterocycles. The van der Waals surface area contributed by atoms with Crippen molar-refractivity contribution in [3.63, 3.8) is 0 Å². The van der Waals surface area contributed by atoms with Gasteiger partial charge in [-0.05, 0) is 12.1 Å². The van der Waals surface area contributed by atoms with E-state index in [9.17, 15) is 4.39 Å². The van der Waals surface area contributed by atoms with Crippen molar-refractivity contribution < 1.29 is 13.9 Å². The molecule has 0 aliphatic carbocycles. The van der Waals surface area contributed by atoms with Gasteiger partial charge in [0.15, 0.2) is 11.6 Å². The summed E-state index contributed by atoms with van der Waals surface area (Å²) < 4.78 is 25.0. The first kappa shape index (κ1) is 12.3. The summed E-state index contributed by atoms with van der Waals surface area (Å²) in [5.74, 6) is -0.468. The van der Waals surface area contributed by atoms with Gasteiger partial charge in [0.05, 0.1) is 18.8 Å². The molecule has 0 saturated carbocycles. The number of ether oxygens (including phenoxy) is 2. The van der Waals surface area contributed by atoms with Crippen LogP contribution in [0.1, 0.15) is 18.4 Å². The second-order valence-corrected chi connectivity index (χ2v) is 4.72. The first-order chi connectivity index (χ1) is 8.20. The third-order valence-corrected chi connectivity index (χ3v) is 3.04. The molecule has 2 rings (SSSR count). The molecule has 1 aromatic carbocycles. The summed E-state index contributed by atoms with van der Waals surface area (Å²) in [6, 6.07) is 4.79. The van der Waals surface area contributed by atoms with Crippen molar-refractivity contribution in [1.82, 2.24) is 0 Å². The molecule has 1 heterocycles. The van der Waals surface area contributed by atoms with Gasteiger partial charge < -0.3 is 9.47 Å². The Hall–Kier alpha value is -1.12. The van der Waals surface area contributed by atoms with E-state index in [-0.39, 0.29) is 17.4 Å². The smallest absolute Gasteiger partial charge is 0.173 e. The van der Waals surface area contributed by atoms with Crippen LogP contribution in [-0.4, -0.2) is 19.3 Å². The van der Waals surface area contributed by atoms with Crippen molar-refractivity contribution in [3.05, 3.63) is 28.0 Å². The lowest BCUT2D eigenvalue weighted by atomic mass is 10.1. The molecule has 0 radical (unpaired) electrons. The van der Waals surface area contributed by atoms with Crippen LogP contribution in [0.3, 0.4) is 0 Å². The second kappa shape index (κ2) is 5.48. The average Bonchev–Trinajstić information content (AvgIpc) is 2.33. The van der Waals surface area contributed by atoms with Gasteiger partial charge in [-0.25, -0.2) is 4.39 Å². The monoisotopic (exact) mass is 299 g/mol. The fourth-order valence-electron chi connectivity index (χ4n) is 1.72. The quantitative estimate of drug-likeness (QED) is 0.843. The summed E-state index contributed by atoms with van der Waals surface area (Å²) in [6.07, 6.45) is 1.37. The van der Waals surface area contributed by atoms with Gasteiger partial charge in [-0.2, -0.15) is 5.26 Å². The Labute approximate surface area is 107 Å². The van der Waals surface area contributed by atoms with Crippen LogP contribution in [0.4, 0.5) is 4.39 Å². The van der Waals surface area contributed by atoms with E-state index in [0.29, 0.717) is 17.7 Å². The highest BCUT2D eigenvalue weighted by Gasteiger charge is 2.20. The normalized spacial score (nSPS) is 16.5. The third kappa shape index (κ3) is 2.96. The lowest BCUT2D eigenvalue weighted by Crippen LogP contribution is -2.26. The summed E-state index contributed by atoms with van der Waals surface area (Å²) in [6.45, 7) is 1.23. The van der Waals surface area contributed by atoms with Gasteiger partial charge in [0.25, 0.3) is 0 Å².